The molecule has 0 radical (unpaired) electrons. The fourth-order valence-electron chi connectivity index (χ4n) is 6.60. The fraction of sp³-hybridized carbons (Fsp3) is 0.649. The average molecular weight is 653 g/mol. The predicted octanol–water partition coefficient (Wildman–Crippen LogP) is 6.69. The predicted molar refractivity (Wildman–Crippen MR) is 186 cm³/mol. The van der Waals surface area contributed by atoms with Crippen LogP contribution in [0.25, 0.3) is 0 Å². The largest absolute Gasteiger partial charge is 0.348 e. The van der Waals surface area contributed by atoms with Gasteiger partial charge in [0.25, 0.3) is 5.91 Å². The summed E-state index contributed by atoms with van der Waals surface area (Å²) in [5, 5.41) is 5.05. The summed E-state index contributed by atoms with van der Waals surface area (Å²) in [6.07, 6.45) is 5.63. The molecular weight excluding hydrogens is 596 g/mol. The maximum atomic E-state index is 14.0. The first kappa shape index (κ1) is 37.5. The van der Waals surface area contributed by atoms with E-state index in [1.165, 1.54) is 11.3 Å². The van der Waals surface area contributed by atoms with E-state index in [9.17, 15) is 19.2 Å². The van der Waals surface area contributed by atoms with Crippen LogP contribution in [0.4, 0.5) is 0 Å². The third-order valence-electron chi connectivity index (χ3n) is 9.61. The molecule has 0 bridgehead atoms. The van der Waals surface area contributed by atoms with Gasteiger partial charge in [-0.2, -0.15) is 0 Å². The van der Waals surface area contributed by atoms with Crippen LogP contribution in [0.3, 0.4) is 0 Å². The summed E-state index contributed by atoms with van der Waals surface area (Å²) >= 11 is 1.17. The molecule has 1 fully saturated rings. The van der Waals surface area contributed by atoms with E-state index in [1.54, 1.807) is 17.3 Å². The second-order valence-corrected chi connectivity index (χ2v) is 14.9. The normalized spacial score (nSPS) is 18.2. The highest BCUT2D eigenvalue weighted by atomic mass is 32.1. The molecule has 1 aromatic heterocycles. The maximum absolute atomic E-state index is 14.0. The molecule has 5 atom stereocenters. The van der Waals surface area contributed by atoms with Gasteiger partial charge in [-0.15, -0.1) is 11.3 Å². The van der Waals surface area contributed by atoms with E-state index in [4.69, 9.17) is 0 Å². The van der Waals surface area contributed by atoms with Crippen molar-refractivity contribution in [2.45, 2.75) is 111 Å². The van der Waals surface area contributed by atoms with Gasteiger partial charge >= 0.3 is 0 Å². The zero-order chi connectivity index (χ0) is 34.0. The fourth-order valence-corrected chi connectivity index (χ4v) is 7.35. The zero-order valence-electron chi connectivity index (χ0n) is 29.3. The van der Waals surface area contributed by atoms with Crippen molar-refractivity contribution in [3.63, 3.8) is 0 Å². The van der Waals surface area contributed by atoms with E-state index in [0.29, 0.717) is 5.92 Å². The van der Waals surface area contributed by atoms with Crippen LogP contribution in [0.1, 0.15) is 112 Å². The zero-order valence-corrected chi connectivity index (χ0v) is 30.1. The number of nitrogens with one attached hydrogen (secondary N) is 1. The van der Waals surface area contributed by atoms with Crippen molar-refractivity contribution in [3.8, 4) is 0 Å². The Morgan fingerprint density at radius 2 is 1.74 bits per heavy atom. The van der Waals surface area contributed by atoms with Crippen LogP contribution >= 0.6 is 11.3 Å². The summed E-state index contributed by atoms with van der Waals surface area (Å²) in [5.74, 6) is -0.397. The molecule has 46 heavy (non-hydrogen) atoms. The summed E-state index contributed by atoms with van der Waals surface area (Å²) < 4.78 is 0. The third kappa shape index (κ3) is 10.6. The summed E-state index contributed by atoms with van der Waals surface area (Å²) in [5.41, 5.74) is 1.39. The lowest BCUT2D eigenvalue weighted by molar-refractivity contribution is -0.142. The molecule has 1 saturated heterocycles. The number of likely N-dealkylation sites (N-methyl/N-ethyl adjacent to an activating group) is 1. The third-order valence-corrected chi connectivity index (χ3v) is 10.5. The van der Waals surface area contributed by atoms with Crippen LogP contribution in [-0.4, -0.2) is 76.9 Å². The van der Waals surface area contributed by atoms with Crippen LogP contribution in [0.15, 0.2) is 35.7 Å². The lowest BCUT2D eigenvalue weighted by Gasteiger charge is -2.36. The van der Waals surface area contributed by atoms with Gasteiger partial charge in [0.1, 0.15) is 5.69 Å². The molecule has 3 rings (SSSR count). The minimum atomic E-state index is -0.431. The number of nitrogens with zero attached hydrogens (tertiary/aromatic N) is 3. The molecule has 2 aromatic rings. The number of likely N-dealkylation sites (tertiary alicyclic amines) is 1. The van der Waals surface area contributed by atoms with Gasteiger partial charge < -0.3 is 10.2 Å². The van der Waals surface area contributed by atoms with Crippen LogP contribution < -0.4 is 5.32 Å². The highest BCUT2D eigenvalue weighted by molar-refractivity contribution is 7.11. The summed E-state index contributed by atoms with van der Waals surface area (Å²) in [4.78, 5) is 62.4. The van der Waals surface area contributed by atoms with E-state index in [1.807, 2.05) is 46.0 Å². The molecular formula is C37H56N4O4S. The lowest BCUT2D eigenvalue weighted by Crippen LogP contribution is -2.48. The molecule has 0 saturated carbocycles. The van der Waals surface area contributed by atoms with Crippen LogP contribution in [-0.2, 0) is 16.0 Å². The van der Waals surface area contributed by atoms with Gasteiger partial charge in [-0.3, -0.25) is 24.1 Å². The molecule has 0 unspecified atom stereocenters. The molecule has 1 aromatic carbocycles. The molecule has 254 valence electrons. The number of benzene rings is 1. The van der Waals surface area contributed by atoms with Crippen LogP contribution in [0.2, 0.25) is 0 Å². The number of carbonyl (C=O) groups excluding carboxylic acids is 4. The van der Waals surface area contributed by atoms with Crippen molar-refractivity contribution in [2.24, 2.45) is 23.7 Å². The number of carbonyl (C=O) groups is 4. The minimum absolute atomic E-state index is 0.00757. The maximum Gasteiger partial charge on any atom is 0.271 e. The molecule has 0 spiro atoms. The standard InChI is InChI=1S/C37H56N4O4S/c1-9-26(6)29(21-33(42)31-17-13-14-18-40(31)7)37(45)41(8)32(25(4)5)22-34(43)36-39-30(23-46-36)35(44)38-28(19-24(2)3)20-27-15-11-10-12-16-27/h10-12,15-16,23-26,28-29,31-32H,9,13-14,17-22H2,1-8H3,(H,38,44)/t26-,28+,29-,31+,32+/m0/s1. The number of hydrogen-bond acceptors (Lipinski definition) is 7. The van der Waals surface area contributed by atoms with E-state index < -0.39 is 5.92 Å². The van der Waals surface area contributed by atoms with Gasteiger partial charge in [-0.25, -0.2) is 4.98 Å². The SMILES string of the molecule is CC[C@H](C)[C@H](CC(=O)[C@H]1CCCCN1C)C(=O)N(C)[C@H](CC(=O)c1nc(C(=O)N[C@@H](Cc2ccccc2)CC(C)C)cs1)C(C)C. The minimum Gasteiger partial charge on any atom is -0.348 e. The summed E-state index contributed by atoms with van der Waals surface area (Å²) in [6.45, 7) is 13.3. The Labute approximate surface area is 280 Å². The van der Waals surface area contributed by atoms with E-state index in [2.05, 4.69) is 48.1 Å². The van der Waals surface area contributed by atoms with Crippen LogP contribution in [0, 0.1) is 23.7 Å². The number of amides is 2. The number of thiazole rings is 1. The number of aromatic nitrogens is 1. The second-order valence-electron chi connectivity index (χ2n) is 14.1. The number of rotatable bonds is 17. The van der Waals surface area contributed by atoms with E-state index in [-0.39, 0.29) is 76.9 Å². The molecule has 1 aliphatic heterocycles. The molecule has 0 aliphatic carbocycles. The molecule has 8 nitrogen and oxygen atoms in total. The van der Waals surface area contributed by atoms with Crippen LogP contribution in [0.5, 0.6) is 0 Å². The molecule has 9 heteroatoms. The van der Waals surface area contributed by atoms with Gasteiger partial charge in [-0.05, 0) is 62.6 Å². The van der Waals surface area contributed by atoms with Gasteiger partial charge in [0.2, 0.25) is 5.91 Å². The van der Waals surface area contributed by atoms with Crippen molar-refractivity contribution in [3.05, 3.63) is 52.0 Å². The number of ketones is 2. The molecule has 1 N–H and O–H groups in total. The first-order valence-corrected chi connectivity index (χ1v) is 18.0. The van der Waals surface area contributed by atoms with E-state index in [0.717, 1.165) is 50.6 Å². The lowest BCUT2D eigenvalue weighted by atomic mass is 9.83. The summed E-state index contributed by atoms with van der Waals surface area (Å²) in [7, 11) is 3.76. The topological polar surface area (TPSA) is 99.7 Å². The molecule has 1 aliphatic rings. The van der Waals surface area contributed by atoms with Crippen molar-refractivity contribution in [1.82, 2.24) is 20.1 Å². The molecule has 2 heterocycles. The average Bonchev–Trinajstić information content (AvgIpc) is 3.52. The van der Waals surface area contributed by atoms with Gasteiger partial charge in [-0.1, -0.05) is 84.7 Å². The Morgan fingerprint density at radius 1 is 1.04 bits per heavy atom. The highest BCUT2D eigenvalue weighted by Gasteiger charge is 2.36. The Hall–Kier alpha value is -2.91. The first-order chi connectivity index (χ1) is 21.8. The van der Waals surface area contributed by atoms with Gasteiger partial charge in [0.15, 0.2) is 16.6 Å². The Balaban J connectivity index is 1.69. The smallest absolute Gasteiger partial charge is 0.271 e. The quantitative estimate of drug-likeness (QED) is 0.191. The van der Waals surface area contributed by atoms with Crippen molar-refractivity contribution < 1.29 is 19.2 Å². The Morgan fingerprint density at radius 3 is 2.35 bits per heavy atom. The summed E-state index contributed by atoms with van der Waals surface area (Å²) in [6, 6.07) is 9.55. The van der Waals surface area contributed by atoms with Crippen molar-refractivity contribution >= 4 is 34.7 Å². The number of Topliss-reactive ketones (excluding diaryl/α,β-unsaturated/α-hetero) is 2. The highest BCUT2D eigenvalue weighted by Crippen LogP contribution is 2.28. The Kier molecular flexibility index (Phi) is 14.6. The Bertz CT molecular complexity index is 1290. The number of piperidine rings is 1. The van der Waals surface area contributed by atoms with Crippen molar-refractivity contribution in [1.29, 1.82) is 0 Å². The number of hydrogen-bond donors (Lipinski definition) is 1. The first-order valence-electron chi connectivity index (χ1n) is 17.1. The van der Waals surface area contributed by atoms with Crippen molar-refractivity contribution in [2.75, 3.05) is 20.6 Å². The monoisotopic (exact) mass is 652 g/mol. The van der Waals surface area contributed by atoms with Gasteiger partial charge in [0, 0.05) is 43.3 Å². The molecule has 2 amide bonds. The van der Waals surface area contributed by atoms with E-state index >= 15 is 0 Å². The second kappa shape index (κ2) is 17.9. The van der Waals surface area contributed by atoms with Gasteiger partial charge in [0.05, 0.1) is 6.04 Å².